The van der Waals surface area contributed by atoms with E-state index < -0.39 is 0 Å². The summed E-state index contributed by atoms with van der Waals surface area (Å²) in [5.41, 5.74) is 2.85. The molecule has 0 saturated heterocycles. The van der Waals surface area contributed by atoms with Gasteiger partial charge in [0.25, 0.3) is 5.91 Å². The van der Waals surface area contributed by atoms with Crippen LogP contribution in [0.2, 0.25) is 0 Å². The van der Waals surface area contributed by atoms with Gasteiger partial charge in [-0.3, -0.25) is 9.78 Å². The van der Waals surface area contributed by atoms with Crippen LogP contribution in [-0.4, -0.2) is 38.4 Å². The molecule has 4 rings (SSSR count). The molecule has 2 amide bonds. The van der Waals surface area contributed by atoms with Crippen molar-refractivity contribution in [2.24, 2.45) is 0 Å². The monoisotopic (exact) mass is 433 g/mol. The van der Waals surface area contributed by atoms with Crippen LogP contribution in [0.3, 0.4) is 0 Å². The fourth-order valence-corrected chi connectivity index (χ4v) is 4.04. The number of aromatic hydroxyl groups is 1. The normalized spacial score (nSPS) is 13.8. The summed E-state index contributed by atoms with van der Waals surface area (Å²) in [6.07, 6.45) is 8.26. The Balaban J connectivity index is 1.60. The van der Waals surface area contributed by atoms with Gasteiger partial charge in [0.05, 0.1) is 11.4 Å². The first-order valence-electron chi connectivity index (χ1n) is 11.0. The SMILES string of the molecule is CCCNC(=O)n1nc(-c2ccc(NC(=O)c3ccncc3)cc2O)cc1C1CCCC1. The number of benzene rings is 1. The number of amides is 2. The van der Waals surface area contributed by atoms with Crippen LogP contribution in [0.4, 0.5) is 10.5 Å². The van der Waals surface area contributed by atoms with E-state index in [0.717, 1.165) is 37.8 Å². The lowest BCUT2D eigenvalue weighted by molar-refractivity contribution is 0.102. The standard InChI is InChI=1S/C24H27N5O3/c1-2-11-26-24(32)29-21(16-5-3-4-6-16)15-20(28-29)19-8-7-18(14-22(19)30)27-23(31)17-9-12-25-13-10-17/h7-10,12-16,30H,2-6,11H2,1H3,(H,26,32)(H,27,31). The lowest BCUT2D eigenvalue weighted by atomic mass is 10.0. The molecule has 1 aliphatic rings. The van der Waals surface area contributed by atoms with Crippen molar-refractivity contribution in [2.75, 3.05) is 11.9 Å². The third-order valence-electron chi connectivity index (χ3n) is 5.70. The van der Waals surface area contributed by atoms with Crippen molar-refractivity contribution in [2.45, 2.75) is 44.9 Å². The van der Waals surface area contributed by atoms with Crippen molar-refractivity contribution in [3.8, 4) is 17.0 Å². The fraction of sp³-hybridized carbons (Fsp3) is 0.333. The highest BCUT2D eigenvalue weighted by atomic mass is 16.3. The third kappa shape index (κ3) is 4.64. The van der Waals surface area contributed by atoms with Crippen molar-refractivity contribution in [1.29, 1.82) is 0 Å². The predicted molar refractivity (Wildman–Crippen MR) is 122 cm³/mol. The number of nitrogens with zero attached hydrogens (tertiary/aromatic N) is 3. The number of phenolic OH excluding ortho intramolecular Hbond substituents is 1. The molecule has 0 atom stereocenters. The van der Waals surface area contributed by atoms with Gasteiger partial charge >= 0.3 is 6.03 Å². The minimum absolute atomic E-state index is 0.0193. The summed E-state index contributed by atoms with van der Waals surface area (Å²) in [5.74, 6) is -0.0289. The Morgan fingerprint density at radius 3 is 2.56 bits per heavy atom. The van der Waals surface area contributed by atoms with E-state index in [-0.39, 0.29) is 23.6 Å². The van der Waals surface area contributed by atoms with Crippen molar-refractivity contribution >= 4 is 17.6 Å². The summed E-state index contributed by atoms with van der Waals surface area (Å²) in [7, 11) is 0. The van der Waals surface area contributed by atoms with Gasteiger partial charge in [-0.1, -0.05) is 19.8 Å². The van der Waals surface area contributed by atoms with E-state index in [4.69, 9.17) is 0 Å². The number of aromatic nitrogens is 3. The van der Waals surface area contributed by atoms with Gasteiger partial charge in [0, 0.05) is 47.7 Å². The van der Waals surface area contributed by atoms with Crippen LogP contribution in [0, 0.1) is 0 Å². The summed E-state index contributed by atoms with van der Waals surface area (Å²) in [6.45, 7) is 2.58. The molecule has 1 aliphatic carbocycles. The second-order valence-corrected chi connectivity index (χ2v) is 8.00. The van der Waals surface area contributed by atoms with Gasteiger partial charge in [-0.2, -0.15) is 9.78 Å². The minimum Gasteiger partial charge on any atom is -0.507 e. The Kier molecular flexibility index (Phi) is 6.49. The maximum absolute atomic E-state index is 12.7. The molecule has 8 heteroatoms. The first kappa shape index (κ1) is 21.5. The highest BCUT2D eigenvalue weighted by molar-refractivity contribution is 6.04. The van der Waals surface area contributed by atoms with E-state index >= 15 is 0 Å². The van der Waals surface area contributed by atoms with Crippen molar-refractivity contribution in [1.82, 2.24) is 20.1 Å². The quantitative estimate of drug-likeness (QED) is 0.529. The summed E-state index contributed by atoms with van der Waals surface area (Å²) in [5, 5.41) is 20.8. The number of carbonyl (C=O) groups is 2. The molecule has 1 saturated carbocycles. The molecular weight excluding hydrogens is 406 g/mol. The Hall–Kier alpha value is -3.68. The summed E-state index contributed by atoms with van der Waals surface area (Å²) in [6, 6.07) is 9.77. The average Bonchev–Trinajstić information content (AvgIpc) is 3.48. The van der Waals surface area contributed by atoms with Crippen LogP contribution < -0.4 is 10.6 Å². The van der Waals surface area contributed by atoms with E-state index in [1.54, 1.807) is 36.7 Å². The number of anilines is 1. The maximum Gasteiger partial charge on any atom is 0.342 e. The number of nitrogens with one attached hydrogen (secondary N) is 2. The first-order chi connectivity index (χ1) is 15.6. The Bertz CT molecular complexity index is 1100. The van der Waals surface area contributed by atoms with E-state index in [0.29, 0.717) is 29.1 Å². The highest BCUT2D eigenvalue weighted by Gasteiger charge is 2.26. The van der Waals surface area contributed by atoms with E-state index in [1.807, 2.05) is 13.0 Å². The molecule has 0 radical (unpaired) electrons. The zero-order chi connectivity index (χ0) is 22.5. The molecule has 166 valence electrons. The van der Waals surface area contributed by atoms with Crippen molar-refractivity contribution < 1.29 is 14.7 Å². The summed E-state index contributed by atoms with van der Waals surface area (Å²) >= 11 is 0. The predicted octanol–water partition coefficient (Wildman–Crippen LogP) is 4.53. The number of hydrogen-bond acceptors (Lipinski definition) is 5. The van der Waals surface area contributed by atoms with E-state index in [9.17, 15) is 14.7 Å². The average molecular weight is 434 g/mol. The Morgan fingerprint density at radius 2 is 1.88 bits per heavy atom. The van der Waals surface area contributed by atoms with Crippen LogP contribution in [0.25, 0.3) is 11.3 Å². The molecule has 1 fully saturated rings. The number of pyridine rings is 1. The maximum atomic E-state index is 12.7. The molecule has 32 heavy (non-hydrogen) atoms. The van der Waals surface area contributed by atoms with Crippen molar-refractivity contribution in [3.63, 3.8) is 0 Å². The third-order valence-corrected chi connectivity index (χ3v) is 5.70. The summed E-state index contributed by atoms with van der Waals surface area (Å²) in [4.78, 5) is 29.0. The number of phenols is 1. The zero-order valence-electron chi connectivity index (χ0n) is 18.0. The van der Waals surface area contributed by atoms with Crippen LogP contribution in [-0.2, 0) is 0 Å². The molecule has 3 aromatic rings. The number of rotatable bonds is 6. The largest absolute Gasteiger partial charge is 0.507 e. The van der Waals surface area contributed by atoms with Gasteiger partial charge in [-0.25, -0.2) is 4.79 Å². The Morgan fingerprint density at radius 1 is 1.12 bits per heavy atom. The van der Waals surface area contributed by atoms with E-state index in [1.165, 1.54) is 10.7 Å². The molecule has 0 bridgehead atoms. The second kappa shape index (κ2) is 9.64. The fourth-order valence-electron chi connectivity index (χ4n) is 4.04. The van der Waals surface area contributed by atoms with Gasteiger partial charge in [-0.15, -0.1) is 0 Å². The van der Waals surface area contributed by atoms with Gasteiger partial charge in [0.2, 0.25) is 0 Å². The lowest BCUT2D eigenvalue weighted by Gasteiger charge is -2.11. The highest BCUT2D eigenvalue weighted by Crippen LogP contribution is 2.37. The molecular formula is C24H27N5O3. The Labute approximate surface area is 186 Å². The molecule has 2 aromatic heterocycles. The first-order valence-corrected chi connectivity index (χ1v) is 11.0. The molecule has 0 unspecified atom stereocenters. The van der Waals surface area contributed by atoms with Crippen molar-refractivity contribution in [3.05, 3.63) is 60.0 Å². The smallest absolute Gasteiger partial charge is 0.342 e. The minimum atomic E-state index is -0.292. The van der Waals surface area contributed by atoms with Gasteiger partial charge in [0.1, 0.15) is 5.75 Å². The van der Waals surface area contributed by atoms with Crippen LogP contribution in [0.15, 0.2) is 48.8 Å². The molecule has 2 heterocycles. The van der Waals surface area contributed by atoms with Crippen LogP contribution >= 0.6 is 0 Å². The molecule has 0 spiro atoms. The topological polar surface area (TPSA) is 109 Å². The van der Waals surface area contributed by atoms with Crippen LogP contribution in [0.1, 0.15) is 61.0 Å². The molecule has 0 aliphatic heterocycles. The second-order valence-electron chi connectivity index (χ2n) is 8.00. The lowest BCUT2D eigenvalue weighted by Crippen LogP contribution is -2.31. The van der Waals surface area contributed by atoms with Gasteiger partial charge < -0.3 is 15.7 Å². The van der Waals surface area contributed by atoms with Gasteiger partial charge in [0.15, 0.2) is 0 Å². The van der Waals surface area contributed by atoms with E-state index in [2.05, 4.69) is 20.7 Å². The molecule has 1 aromatic carbocycles. The zero-order valence-corrected chi connectivity index (χ0v) is 18.0. The van der Waals surface area contributed by atoms with Crippen LogP contribution in [0.5, 0.6) is 5.75 Å². The molecule has 8 nitrogen and oxygen atoms in total. The van der Waals surface area contributed by atoms with Gasteiger partial charge in [-0.05, 0) is 49.6 Å². The number of hydrogen-bond donors (Lipinski definition) is 3. The summed E-state index contributed by atoms with van der Waals surface area (Å²) < 4.78 is 1.44. The molecule has 3 N–H and O–H groups in total. The number of carbonyl (C=O) groups excluding carboxylic acids is 2.